The average Bonchev–Trinajstić information content (AvgIpc) is 2.64. The van der Waals surface area contributed by atoms with Gasteiger partial charge in [0.15, 0.2) is 0 Å². The molecule has 0 aromatic rings. The maximum Gasteiger partial charge on any atom is 0.490 e. The van der Waals surface area contributed by atoms with Gasteiger partial charge in [-0.1, -0.05) is 38.5 Å². The second kappa shape index (κ2) is 15.6. The van der Waals surface area contributed by atoms with Crippen LogP contribution in [0.5, 0.6) is 0 Å². The van der Waals surface area contributed by atoms with Crippen LogP contribution in [-0.4, -0.2) is 59.3 Å². The summed E-state index contributed by atoms with van der Waals surface area (Å²) in [7, 11) is 0. The molecule has 0 bridgehead atoms. The lowest BCUT2D eigenvalue weighted by molar-refractivity contribution is -0.199. The van der Waals surface area contributed by atoms with Crippen LogP contribution in [0.2, 0.25) is 0 Å². The standard InChI is InChI=1S/C19H30F3NO7/c20-19(21,22)18(29)30-12-8-6-4-2-1-3-5-7-9-14(25)13-16(26)23-15(10-11-24)17(27)28/h15,24H,1-13H2,(H,23,26)(H,27,28)/t15-/m0/s1. The summed E-state index contributed by atoms with van der Waals surface area (Å²) in [6.45, 7) is -0.641. The Morgan fingerprint density at radius 3 is 1.93 bits per heavy atom. The Balaban J connectivity index is 3.62. The summed E-state index contributed by atoms with van der Waals surface area (Å²) >= 11 is 0. The van der Waals surface area contributed by atoms with Gasteiger partial charge in [-0.15, -0.1) is 0 Å². The first-order chi connectivity index (χ1) is 14.1. The Morgan fingerprint density at radius 1 is 0.900 bits per heavy atom. The first kappa shape index (κ1) is 27.8. The molecule has 0 saturated heterocycles. The van der Waals surface area contributed by atoms with Crippen LogP contribution in [-0.2, 0) is 23.9 Å². The minimum atomic E-state index is -4.95. The summed E-state index contributed by atoms with van der Waals surface area (Å²) in [6, 6.07) is -1.22. The van der Waals surface area contributed by atoms with E-state index in [-0.39, 0.29) is 25.2 Å². The summed E-state index contributed by atoms with van der Waals surface area (Å²) < 4.78 is 39.8. The van der Waals surface area contributed by atoms with Gasteiger partial charge in [0.05, 0.1) is 13.0 Å². The lowest BCUT2D eigenvalue weighted by atomic mass is 10.0. The minimum absolute atomic E-state index is 0.131. The number of aliphatic hydroxyl groups is 1. The van der Waals surface area contributed by atoms with Gasteiger partial charge in [-0.2, -0.15) is 13.2 Å². The highest BCUT2D eigenvalue weighted by molar-refractivity contribution is 5.99. The average molecular weight is 441 g/mol. The molecule has 0 spiro atoms. The topological polar surface area (TPSA) is 130 Å². The Hall–Kier alpha value is -2.17. The minimum Gasteiger partial charge on any atom is -0.480 e. The van der Waals surface area contributed by atoms with E-state index in [9.17, 15) is 32.3 Å². The van der Waals surface area contributed by atoms with E-state index >= 15 is 0 Å². The number of rotatable bonds is 17. The van der Waals surface area contributed by atoms with E-state index in [1.807, 2.05) is 0 Å². The van der Waals surface area contributed by atoms with E-state index in [0.29, 0.717) is 19.3 Å². The summed E-state index contributed by atoms with van der Waals surface area (Å²) in [6.07, 6.45) is 0.637. The normalized spacial score (nSPS) is 12.3. The fourth-order valence-electron chi connectivity index (χ4n) is 2.63. The van der Waals surface area contributed by atoms with Crippen molar-refractivity contribution in [1.82, 2.24) is 5.32 Å². The van der Waals surface area contributed by atoms with Crippen LogP contribution >= 0.6 is 0 Å². The predicted octanol–water partition coefficient (Wildman–Crippen LogP) is 2.51. The first-order valence-corrected chi connectivity index (χ1v) is 9.96. The first-order valence-electron chi connectivity index (χ1n) is 9.96. The molecule has 0 aliphatic rings. The largest absolute Gasteiger partial charge is 0.490 e. The molecule has 0 saturated carbocycles. The molecule has 3 N–H and O–H groups in total. The van der Waals surface area contributed by atoms with Gasteiger partial charge in [0.2, 0.25) is 5.91 Å². The van der Waals surface area contributed by atoms with Crippen molar-refractivity contribution < 1.29 is 47.3 Å². The monoisotopic (exact) mass is 441 g/mol. The number of Topliss-reactive ketones (excluding diaryl/α,β-unsaturated/α-hetero) is 1. The van der Waals surface area contributed by atoms with Crippen LogP contribution in [0.3, 0.4) is 0 Å². The second-order valence-corrected chi connectivity index (χ2v) is 6.90. The molecule has 174 valence electrons. The summed E-state index contributed by atoms with van der Waals surface area (Å²) in [4.78, 5) is 44.8. The Morgan fingerprint density at radius 2 is 1.43 bits per heavy atom. The lowest BCUT2D eigenvalue weighted by Gasteiger charge is -2.12. The maximum absolute atomic E-state index is 11.9. The molecule has 0 aromatic carbocycles. The van der Waals surface area contributed by atoms with Gasteiger partial charge in [0.25, 0.3) is 0 Å². The second-order valence-electron chi connectivity index (χ2n) is 6.90. The smallest absolute Gasteiger partial charge is 0.480 e. The van der Waals surface area contributed by atoms with Crippen LogP contribution in [0.4, 0.5) is 13.2 Å². The van der Waals surface area contributed by atoms with E-state index < -0.39 is 43.1 Å². The third kappa shape index (κ3) is 14.8. The number of carboxylic acid groups (broad SMARTS) is 1. The molecule has 0 aliphatic carbocycles. The van der Waals surface area contributed by atoms with Gasteiger partial charge in [-0.25, -0.2) is 9.59 Å². The van der Waals surface area contributed by atoms with E-state index in [1.165, 1.54) is 0 Å². The van der Waals surface area contributed by atoms with Gasteiger partial charge in [0, 0.05) is 19.4 Å². The highest BCUT2D eigenvalue weighted by Crippen LogP contribution is 2.17. The molecule has 0 radical (unpaired) electrons. The molecular formula is C19H30F3NO7. The van der Waals surface area contributed by atoms with Gasteiger partial charge in [0.1, 0.15) is 11.8 Å². The quantitative estimate of drug-likeness (QED) is 0.180. The third-order valence-electron chi connectivity index (χ3n) is 4.22. The van der Waals surface area contributed by atoms with Crippen LogP contribution < -0.4 is 5.32 Å². The van der Waals surface area contributed by atoms with Crippen molar-refractivity contribution in [3.8, 4) is 0 Å². The Labute approximate surface area is 173 Å². The van der Waals surface area contributed by atoms with Crippen LogP contribution in [0, 0.1) is 0 Å². The summed E-state index contributed by atoms with van der Waals surface area (Å²) in [5.41, 5.74) is 0. The number of carbonyl (C=O) groups excluding carboxylic acids is 3. The van der Waals surface area contributed by atoms with Gasteiger partial charge >= 0.3 is 18.1 Å². The molecule has 8 nitrogen and oxygen atoms in total. The van der Waals surface area contributed by atoms with Crippen molar-refractivity contribution in [3.63, 3.8) is 0 Å². The van der Waals surface area contributed by atoms with Gasteiger partial charge in [-0.05, 0) is 12.8 Å². The third-order valence-corrected chi connectivity index (χ3v) is 4.22. The number of nitrogens with one attached hydrogen (secondary N) is 1. The highest BCUT2D eigenvalue weighted by atomic mass is 19.4. The molecular weight excluding hydrogens is 411 g/mol. The number of hydrogen-bond donors (Lipinski definition) is 3. The number of halogens is 3. The fraction of sp³-hybridized carbons (Fsp3) is 0.789. The molecule has 0 heterocycles. The molecule has 0 unspecified atom stereocenters. The van der Waals surface area contributed by atoms with Crippen LogP contribution in [0.15, 0.2) is 0 Å². The number of carboxylic acids is 1. The van der Waals surface area contributed by atoms with Gasteiger partial charge < -0.3 is 20.3 Å². The van der Waals surface area contributed by atoms with Crippen molar-refractivity contribution in [2.24, 2.45) is 0 Å². The van der Waals surface area contributed by atoms with Gasteiger partial charge in [-0.3, -0.25) is 9.59 Å². The lowest BCUT2D eigenvalue weighted by Crippen LogP contribution is -2.42. The molecule has 1 atom stereocenters. The van der Waals surface area contributed by atoms with Crippen LogP contribution in [0.25, 0.3) is 0 Å². The number of ether oxygens (including phenoxy) is 1. The Kier molecular flexibility index (Phi) is 14.5. The number of carbonyl (C=O) groups is 4. The number of aliphatic hydroxyl groups excluding tert-OH is 1. The molecule has 0 fully saturated rings. The van der Waals surface area contributed by atoms with Crippen molar-refractivity contribution in [1.29, 1.82) is 0 Å². The van der Waals surface area contributed by atoms with E-state index in [0.717, 1.165) is 32.1 Å². The van der Waals surface area contributed by atoms with Crippen molar-refractivity contribution in [2.75, 3.05) is 13.2 Å². The number of aliphatic carboxylic acids is 1. The Bertz CT molecular complexity index is 553. The summed E-state index contributed by atoms with van der Waals surface area (Å²) in [5.74, 6) is -4.40. The number of ketones is 1. The number of amides is 1. The fourth-order valence-corrected chi connectivity index (χ4v) is 2.63. The zero-order valence-corrected chi connectivity index (χ0v) is 16.8. The van der Waals surface area contributed by atoms with Crippen molar-refractivity contribution in [2.45, 2.75) is 82.8 Å². The van der Waals surface area contributed by atoms with E-state index in [4.69, 9.17) is 10.2 Å². The summed E-state index contributed by atoms with van der Waals surface area (Å²) in [5, 5.41) is 19.8. The van der Waals surface area contributed by atoms with E-state index in [2.05, 4.69) is 10.1 Å². The SMILES string of the molecule is O=C(CCCCCCCCCCOC(=O)C(F)(F)F)CC(=O)N[C@@H](CCO)C(=O)O. The zero-order chi connectivity index (χ0) is 23.0. The number of esters is 1. The zero-order valence-electron chi connectivity index (χ0n) is 16.8. The molecule has 0 aliphatic heterocycles. The molecule has 1 amide bonds. The predicted molar refractivity (Wildman–Crippen MR) is 99.5 cm³/mol. The number of alkyl halides is 3. The number of unbranched alkanes of at least 4 members (excludes halogenated alkanes) is 7. The maximum atomic E-state index is 11.9. The molecule has 0 aromatic heterocycles. The van der Waals surface area contributed by atoms with Crippen LogP contribution in [0.1, 0.15) is 70.6 Å². The highest BCUT2D eigenvalue weighted by Gasteiger charge is 2.40. The molecule has 11 heteroatoms. The van der Waals surface area contributed by atoms with Crippen molar-refractivity contribution in [3.05, 3.63) is 0 Å². The number of hydrogen-bond acceptors (Lipinski definition) is 6. The molecule has 0 rings (SSSR count). The van der Waals surface area contributed by atoms with E-state index in [1.54, 1.807) is 0 Å². The van der Waals surface area contributed by atoms with Crippen molar-refractivity contribution >= 4 is 23.6 Å². The molecule has 30 heavy (non-hydrogen) atoms.